The predicted molar refractivity (Wildman–Crippen MR) is 58.2 cm³/mol. The van der Waals surface area contributed by atoms with E-state index in [2.05, 4.69) is 15.9 Å². The molecule has 15 heavy (non-hydrogen) atoms. The third-order valence-electron chi connectivity index (χ3n) is 1.93. The highest BCUT2D eigenvalue weighted by Crippen LogP contribution is 2.27. The van der Waals surface area contributed by atoms with Gasteiger partial charge in [0.1, 0.15) is 5.78 Å². The Morgan fingerprint density at radius 2 is 2.07 bits per heavy atom. The van der Waals surface area contributed by atoms with E-state index in [4.69, 9.17) is 10.5 Å². The summed E-state index contributed by atoms with van der Waals surface area (Å²) in [4.78, 5) is 10.6. The summed E-state index contributed by atoms with van der Waals surface area (Å²) >= 11 is 3.20. The first-order valence-corrected chi connectivity index (χ1v) is 5.10. The fourth-order valence-corrected chi connectivity index (χ4v) is 1.54. The van der Waals surface area contributed by atoms with Gasteiger partial charge in [-0.3, -0.25) is 4.79 Å². The molecule has 0 fully saturated rings. The average Bonchev–Trinajstić information content (AvgIpc) is 2.27. The van der Waals surface area contributed by atoms with Gasteiger partial charge in [0.05, 0.1) is 28.1 Å². The summed E-state index contributed by atoms with van der Waals surface area (Å²) in [6.45, 7) is 1.43. The van der Waals surface area contributed by atoms with Gasteiger partial charge in [-0.25, -0.2) is 0 Å². The maximum atomic E-state index is 11.2. The molecule has 0 bridgehead atoms. The van der Waals surface area contributed by atoms with E-state index in [1.54, 1.807) is 18.2 Å². The van der Waals surface area contributed by atoms with Gasteiger partial charge >= 0.3 is 0 Å². The zero-order valence-electron chi connectivity index (χ0n) is 7.99. The van der Waals surface area contributed by atoms with Crippen LogP contribution in [-0.4, -0.2) is 5.78 Å². The number of rotatable bonds is 2. The third-order valence-corrected chi connectivity index (χ3v) is 3.07. The fourth-order valence-electron chi connectivity index (χ4n) is 1.16. The first-order chi connectivity index (χ1) is 7.10. The van der Waals surface area contributed by atoms with Crippen LogP contribution >= 0.6 is 15.9 Å². The van der Waals surface area contributed by atoms with Crippen LogP contribution in [0.3, 0.4) is 0 Å². The maximum Gasteiger partial charge on any atom is 0.147 e. The molecule has 1 rings (SSSR count). The molecule has 0 aliphatic rings. The number of carbonyl (C=O) groups is 1. The molecule has 1 unspecified atom stereocenters. The van der Waals surface area contributed by atoms with Crippen LogP contribution < -0.4 is 0 Å². The lowest BCUT2D eigenvalue weighted by molar-refractivity contribution is -0.116. The number of carbonyl (C=O) groups excluding carboxylic acids is 1. The van der Waals surface area contributed by atoms with Gasteiger partial charge in [-0.2, -0.15) is 10.5 Å². The van der Waals surface area contributed by atoms with Crippen LogP contribution in [-0.2, 0) is 4.79 Å². The van der Waals surface area contributed by atoms with Crippen molar-refractivity contribution in [2.24, 2.45) is 0 Å². The van der Waals surface area contributed by atoms with Crippen LogP contribution in [0, 0.1) is 22.7 Å². The molecule has 0 saturated carbocycles. The van der Waals surface area contributed by atoms with Gasteiger partial charge in [0.2, 0.25) is 0 Å². The Labute approximate surface area is 96.1 Å². The van der Waals surface area contributed by atoms with Crippen molar-refractivity contribution < 1.29 is 4.79 Å². The predicted octanol–water partition coefficient (Wildman–Crippen LogP) is 2.45. The van der Waals surface area contributed by atoms with E-state index in [1.165, 1.54) is 6.92 Å². The largest absolute Gasteiger partial charge is 0.298 e. The number of hydrogen-bond acceptors (Lipinski definition) is 3. The van der Waals surface area contributed by atoms with Gasteiger partial charge in [0, 0.05) is 0 Å². The number of Topliss-reactive ketones (excluding diaryl/α,β-unsaturated/α-hetero) is 1. The lowest BCUT2D eigenvalue weighted by atomic mass is 10.0. The van der Waals surface area contributed by atoms with Gasteiger partial charge in [-0.1, -0.05) is 15.9 Å². The van der Waals surface area contributed by atoms with Crippen molar-refractivity contribution in [2.75, 3.05) is 0 Å². The van der Waals surface area contributed by atoms with Gasteiger partial charge in [-0.05, 0) is 30.7 Å². The highest BCUT2D eigenvalue weighted by Gasteiger charge is 2.17. The minimum atomic E-state index is -0.527. The Balaban J connectivity index is 3.32. The Morgan fingerprint density at radius 1 is 1.40 bits per heavy atom. The minimum Gasteiger partial charge on any atom is -0.298 e. The van der Waals surface area contributed by atoms with E-state index in [0.29, 0.717) is 16.7 Å². The molecule has 0 N–H and O–H groups in total. The quantitative estimate of drug-likeness (QED) is 0.770. The molecule has 4 heteroatoms. The topological polar surface area (TPSA) is 64.7 Å². The van der Waals surface area contributed by atoms with Crippen molar-refractivity contribution in [3.63, 3.8) is 0 Å². The number of benzene rings is 1. The molecule has 0 spiro atoms. The lowest BCUT2D eigenvalue weighted by Crippen LogP contribution is -2.03. The summed E-state index contributed by atoms with van der Waals surface area (Å²) in [7, 11) is 0. The molecule has 0 saturated heterocycles. The summed E-state index contributed by atoms with van der Waals surface area (Å²) in [6, 6.07) is 8.62. The van der Waals surface area contributed by atoms with E-state index >= 15 is 0 Å². The molecule has 0 aromatic heterocycles. The van der Waals surface area contributed by atoms with Crippen LogP contribution in [0.15, 0.2) is 18.2 Å². The average molecular weight is 263 g/mol. The highest BCUT2D eigenvalue weighted by atomic mass is 79.9. The summed E-state index contributed by atoms with van der Waals surface area (Å²) < 4.78 is 0. The van der Waals surface area contributed by atoms with E-state index in [0.717, 1.165) is 0 Å². The Hall–Kier alpha value is -1.65. The number of ketones is 1. The first-order valence-electron chi connectivity index (χ1n) is 4.18. The second-order valence-corrected chi connectivity index (χ2v) is 3.91. The number of nitriles is 2. The zero-order valence-corrected chi connectivity index (χ0v) is 9.58. The van der Waals surface area contributed by atoms with Crippen LogP contribution in [0.4, 0.5) is 0 Å². The highest BCUT2D eigenvalue weighted by molar-refractivity contribution is 9.09. The van der Waals surface area contributed by atoms with Gasteiger partial charge in [0.15, 0.2) is 0 Å². The van der Waals surface area contributed by atoms with Crippen molar-refractivity contribution in [1.82, 2.24) is 0 Å². The van der Waals surface area contributed by atoms with Crippen LogP contribution in [0.1, 0.15) is 28.4 Å². The monoisotopic (exact) mass is 262 g/mol. The van der Waals surface area contributed by atoms with Gasteiger partial charge in [0.25, 0.3) is 0 Å². The summed E-state index contributed by atoms with van der Waals surface area (Å²) in [6.07, 6.45) is 0. The van der Waals surface area contributed by atoms with Crippen molar-refractivity contribution in [3.05, 3.63) is 34.9 Å². The smallest absolute Gasteiger partial charge is 0.147 e. The molecular weight excluding hydrogens is 256 g/mol. The molecule has 0 aliphatic heterocycles. The molecule has 0 heterocycles. The molecule has 3 nitrogen and oxygen atoms in total. The fraction of sp³-hybridized carbons (Fsp3) is 0.182. The number of nitrogens with zero attached hydrogens (tertiary/aromatic N) is 2. The summed E-state index contributed by atoms with van der Waals surface area (Å²) in [5, 5.41) is 17.6. The van der Waals surface area contributed by atoms with Crippen LogP contribution in [0.2, 0.25) is 0 Å². The molecule has 1 aromatic carbocycles. The number of halogens is 1. The second kappa shape index (κ2) is 4.72. The Bertz CT molecular complexity index is 482. The molecular formula is C11H7BrN2O. The van der Waals surface area contributed by atoms with Gasteiger partial charge in [-0.15, -0.1) is 0 Å². The summed E-state index contributed by atoms with van der Waals surface area (Å²) in [5.41, 5.74) is 1.39. The molecule has 0 aliphatic carbocycles. The van der Waals surface area contributed by atoms with E-state index in [-0.39, 0.29) is 5.78 Å². The molecule has 74 valence electrons. The van der Waals surface area contributed by atoms with Crippen molar-refractivity contribution >= 4 is 21.7 Å². The second-order valence-electron chi connectivity index (χ2n) is 3.00. The van der Waals surface area contributed by atoms with Crippen molar-refractivity contribution in [1.29, 1.82) is 10.5 Å². The first kappa shape index (κ1) is 11.4. The SMILES string of the molecule is CC(=O)C(Br)c1cc(C#N)ccc1C#N. The lowest BCUT2D eigenvalue weighted by Gasteiger charge is -2.08. The summed E-state index contributed by atoms with van der Waals surface area (Å²) in [5.74, 6) is -0.0958. The molecule has 1 aromatic rings. The minimum absolute atomic E-state index is 0.0958. The van der Waals surface area contributed by atoms with Gasteiger partial charge < -0.3 is 0 Å². The van der Waals surface area contributed by atoms with Crippen LogP contribution in [0.25, 0.3) is 0 Å². The molecule has 0 radical (unpaired) electrons. The Kier molecular flexibility index (Phi) is 3.60. The number of alkyl halides is 1. The molecule has 1 atom stereocenters. The third kappa shape index (κ3) is 2.43. The van der Waals surface area contributed by atoms with Crippen LogP contribution in [0.5, 0.6) is 0 Å². The standard InChI is InChI=1S/C11H7BrN2O/c1-7(15)11(12)10-4-8(5-13)2-3-9(10)6-14/h2-4,11H,1H3. The normalized spacial score (nSPS) is 11.2. The van der Waals surface area contributed by atoms with E-state index in [9.17, 15) is 4.79 Å². The molecule has 0 amide bonds. The maximum absolute atomic E-state index is 11.2. The van der Waals surface area contributed by atoms with Crippen molar-refractivity contribution in [3.8, 4) is 12.1 Å². The Morgan fingerprint density at radius 3 is 2.53 bits per heavy atom. The van der Waals surface area contributed by atoms with Crippen molar-refractivity contribution in [2.45, 2.75) is 11.8 Å². The number of hydrogen-bond donors (Lipinski definition) is 0. The van der Waals surface area contributed by atoms with E-state index < -0.39 is 4.83 Å². The zero-order chi connectivity index (χ0) is 11.4. The van der Waals surface area contributed by atoms with E-state index in [1.807, 2.05) is 12.1 Å².